The second-order valence-electron chi connectivity index (χ2n) is 3.45. The van der Waals surface area contributed by atoms with Gasteiger partial charge in [-0.3, -0.25) is 10.5 Å². The van der Waals surface area contributed by atoms with Crippen molar-refractivity contribution in [1.82, 2.24) is 20.2 Å². The van der Waals surface area contributed by atoms with Crippen molar-refractivity contribution >= 4 is 11.3 Å². The van der Waals surface area contributed by atoms with Crippen molar-refractivity contribution in [2.24, 2.45) is 5.84 Å². The van der Waals surface area contributed by atoms with E-state index in [9.17, 15) is 0 Å². The number of rotatable bonds is 4. The van der Waals surface area contributed by atoms with Crippen LogP contribution in [0.15, 0.2) is 18.5 Å². The molecule has 0 aliphatic carbocycles. The van der Waals surface area contributed by atoms with Crippen LogP contribution in [0.25, 0.3) is 0 Å². The summed E-state index contributed by atoms with van der Waals surface area (Å²) in [6.45, 7) is 4.87. The van der Waals surface area contributed by atoms with E-state index in [1.165, 1.54) is 0 Å². The quantitative estimate of drug-likeness (QED) is 0.619. The molecule has 0 fully saturated rings. The molecular weight excluding hydrogens is 222 g/mol. The third kappa shape index (κ3) is 1.99. The summed E-state index contributed by atoms with van der Waals surface area (Å²) >= 11 is 1.64. The molecule has 86 valence electrons. The molecule has 6 heteroatoms. The third-order valence-corrected chi connectivity index (χ3v) is 3.41. The van der Waals surface area contributed by atoms with E-state index in [1.54, 1.807) is 17.5 Å². The molecule has 1 unspecified atom stereocenters. The molecule has 2 heterocycles. The molecule has 16 heavy (non-hydrogen) atoms. The number of aryl methyl sites for hydroxylation is 2. The van der Waals surface area contributed by atoms with E-state index in [0.717, 1.165) is 22.1 Å². The predicted octanol–water partition coefficient (Wildman–Crippen LogP) is 1.22. The Morgan fingerprint density at radius 1 is 1.62 bits per heavy atom. The highest BCUT2D eigenvalue weighted by Crippen LogP contribution is 2.25. The van der Waals surface area contributed by atoms with Crippen LogP contribution in [-0.2, 0) is 6.54 Å². The van der Waals surface area contributed by atoms with Crippen LogP contribution in [0.2, 0.25) is 0 Å². The van der Waals surface area contributed by atoms with Crippen LogP contribution < -0.4 is 11.3 Å². The van der Waals surface area contributed by atoms with Crippen molar-refractivity contribution in [3.05, 3.63) is 34.0 Å². The zero-order valence-corrected chi connectivity index (χ0v) is 10.2. The van der Waals surface area contributed by atoms with Crippen LogP contribution in [0.3, 0.4) is 0 Å². The Bertz CT molecular complexity index is 461. The minimum atomic E-state index is -0.0337. The lowest BCUT2D eigenvalue weighted by Gasteiger charge is -2.15. The minimum absolute atomic E-state index is 0.0337. The molecule has 3 N–H and O–H groups in total. The Morgan fingerprint density at radius 2 is 2.44 bits per heavy atom. The van der Waals surface area contributed by atoms with Gasteiger partial charge in [-0.05, 0) is 19.9 Å². The molecule has 0 aromatic carbocycles. The summed E-state index contributed by atoms with van der Waals surface area (Å²) < 4.78 is 1.93. The second-order valence-corrected chi connectivity index (χ2v) is 4.72. The van der Waals surface area contributed by atoms with Gasteiger partial charge >= 0.3 is 0 Å². The highest BCUT2D eigenvalue weighted by molar-refractivity contribution is 7.11. The van der Waals surface area contributed by atoms with E-state index >= 15 is 0 Å². The zero-order valence-electron chi connectivity index (χ0n) is 9.34. The van der Waals surface area contributed by atoms with Gasteiger partial charge in [0.1, 0.15) is 0 Å². The third-order valence-electron chi connectivity index (χ3n) is 2.44. The number of hydrazine groups is 1. The van der Waals surface area contributed by atoms with Crippen LogP contribution in [0.5, 0.6) is 0 Å². The summed E-state index contributed by atoms with van der Waals surface area (Å²) in [5.41, 5.74) is 3.88. The maximum atomic E-state index is 5.62. The fraction of sp³-hybridized carbons (Fsp3) is 0.400. The molecule has 1 atom stereocenters. The monoisotopic (exact) mass is 237 g/mol. The van der Waals surface area contributed by atoms with E-state index in [1.807, 2.05) is 23.9 Å². The molecule has 0 aliphatic heterocycles. The SMILES string of the molecule is CCn1nccc1C(NN)c1cnc(C)s1. The molecule has 5 nitrogen and oxygen atoms in total. The summed E-state index contributed by atoms with van der Waals surface area (Å²) in [5, 5.41) is 5.28. The van der Waals surface area contributed by atoms with Crippen molar-refractivity contribution in [2.75, 3.05) is 0 Å². The molecule has 0 saturated heterocycles. The van der Waals surface area contributed by atoms with Gasteiger partial charge in [-0.15, -0.1) is 11.3 Å². The van der Waals surface area contributed by atoms with Gasteiger partial charge in [0.05, 0.1) is 16.7 Å². The lowest BCUT2D eigenvalue weighted by molar-refractivity contribution is 0.548. The summed E-state index contributed by atoms with van der Waals surface area (Å²) in [6, 6.07) is 1.94. The van der Waals surface area contributed by atoms with E-state index in [-0.39, 0.29) is 6.04 Å². The summed E-state index contributed by atoms with van der Waals surface area (Å²) in [6.07, 6.45) is 3.65. The van der Waals surface area contributed by atoms with Crippen molar-refractivity contribution in [2.45, 2.75) is 26.4 Å². The van der Waals surface area contributed by atoms with Crippen molar-refractivity contribution in [1.29, 1.82) is 0 Å². The van der Waals surface area contributed by atoms with Crippen LogP contribution in [0.1, 0.15) is 28.5 Å². The molecule has 2 aromatic heterocycles. The number of aromatic nitrogens is 3. The van der Waals surface area contributed by atoms with Gasteiger partial charge < -0.3 is 0 Å². The minimum Gasteiger partial charge on any atom is -0.270 e. The summed E-state index contributed by atoms with van der Waals surface area (Å²) in [7, 11) is 0. The lowest BCUT2D eigenvalue weighted by atomic mass is 10.2. The number of thiazole rings is 1. The van der Waals surface area contributed by atoms with Crippen LogP contribution >= 0.6 is 11.3 Å². The van der Waals surface area contributed by atoms with Crippen LogP contribution in [0.4, 0.5) is 0 Å². The Balaban J connectivity index is 2.36. The molecule has 0 spiro atoms. The number of nitrogens with one attached hydrogen (secondary N) is 1. The van der Waals surface area contributed by atoms with Crippen molar-refractivity contribution in [3.63, 3.8) is 0 Å². The van der Waals surface area contributed by atoms with Gasteiger partial charge in [-0.1, -0.05) is 0 Å². The Hall–Kier alpha value is -1.24. The topological polar surface area (TPSA) is 68.8 Å². The summed E-state index contributed by atoms with van der Waals surface area (Å²) in [4.78, 5) is 5.35. The molecule has 2 rings (SSSR count). The number of nitrogens with zero attached hydrogens (tertiary/aromatic N) is 3. The number of hydrogen-bond acceptors (Lipinski definition) is 5. The van der Waals surface area contributed by atoms with Crippen LogP contribution in [0, 0.1) is 6.92 Å². The smallest absolute Gasteiger partial charge is 0.0986 e. The first-order valence-corrected chi connectivity index (χ1v) is 5.98. The average Bonchev–Trinajstić information content (AvgIpc) is 2.89. The van der Waals surface area contributed by atoms with E-state index < -0.39 is 0 Å². The van der Waals surface area contributed by atoms with Crippen molar-refractivity contribution in [3.8, 4) is 0 Å². The van der Waals surface area contributed by atoms with Gasteiger partial charge in [-0.25, -0.2) is 10.4 Å². The average molecular weight is 237 g/mol. The summed E-state index contributed by atoms with van der Waals surface area (Å²) in [5.74, 6) is 5.62. The first kappa shape index (κ1) is 11.3. The normalized spacial score (nSPS) is 12.9. The second kappa shape index (κ2) is 4.73. The maximum Gasteiger partial charge on any atom is 0.0986 e. The highest BCUT2D eigenvalue weighted by atomic mass is 32.1. The van der Waals surface area contributed by atoms with Gasteiger partial charge in [-0.2, -0.15) is 5.10 Å². The molecular formula is C10H15N5S. The Labute approximate surface area is 98.3 Å². The Kier molecular flexibility index (Phi) is 3.33. The fourth-order valence-electron chi connectivity index (χ4n) is 1.68. The molecule has 0 aliphatic rings. The standard InChI is InChI=1S/C10H15N5S/c1-3-15-8(4-5-13-15)10(14-11)9-6-12-7(2)16-9/h4-6,10,14H,3,11H2,1-2H3. The molecule has 0 bridgehead atoms. The van der Waals surface area contributed by atoms with Gasteiger partial charge in [0.15, 0.2) is 0 Å². The largest absolute Gasteiger partial charge is 0.270 e. The first-order valence-electron chi connectivity index (χ1n) is 5.16. The number of nitrogens with two attached hydrogens (primary N) is 1. The first-order chi connectivity index (χ1) is 7.76. The molecule has 2 aromatic rings. The maximum absolute atomic E-state index is 5.62. The van der Waals surface area contributed by atoms with Gasteiger partial charge in [0, 0.05) is 23.8 Å². The predicted molar refractivity (Wildman–Crippen MR) is 63.9 cm³/mol. The van der Waals surface area contributed by atoms with Crippen LogP contribution in [-0.4, -0.2) is 14.8 Å². The lowest BCUT2D eigenvalue weighted by Crippen LogP contribution is -2.30. The number of hydrogen-bond donors (Lipinski definition) is 2. The van der Waals surface area contributed by atoms with Crippen molar-refractivity contribution < 1.29 is 0 Å². The van der Waals surface area contributed by atoms with Gasteiger partial charge in [0.2, 0.25) is 0 Å². The zero-order chi connectivity index (χ0) is 11.5. The van der Waals surface area contributed by atoms with Gasteiger partial charge in [0.25, 0.3) is 0 Å². The molecule has 0 radical (unpaired) electrons. The molecule has 0 amide bonds. The fourth-order valence-corrected chi connectivity index (χ4v) is 2.54. The van der Waals surface area contributed by atoms with E-state index in [4.69, 9.17) is 5.84 Å². The van der Waals surface area contributed by atoms with E-state index in [0.29, 0.717) is 0 Å². The highest BCUT2D eigenvalue weighted by Gasteiger charge is 2.18. The molecule has 0 saturated carbocycles. The Morgan fingerprint density at radius 3 is 3.00 bits per heavy atom. The van der Waals surface area contributed by atoms with E-state index in [2.05, 4.69) is 22.4 Å².